The van der Waals surface area contributed by atoms with Crippen LogP contribution in [-0.2, 0) is 9.59 Å². The number of aliphatic hydroxyl groups excluding tert-OH is 1. The van der Waals surface area contributed by atoms with Crippen LogP contribution >= 0.6 is 0 Å². The summed E-state index contributed by atoms with van der Waals surface area (Å²) in [7, 11) is 0. The topological polar surface area (TPSA) is 89.0 Å². The number of benzene rings is 2. The predicted molar refractivity (Wildman–Crippen MR) is 108 cm³/mol. The van der Waals surface area contributed by atoms with E-state index in [0.29, 0.717) is 28.3 Å². The fourth-order valence-corrected chi connectivity index (χ4v) is 3.74. The van der Waals surface area contributed by atoms with Gasteiger partial charge in [0.15, 0.2) is 11.5 Å². The van der Waals surface area contributed by atoms with Gasteiger partial charge in [-0.1, -0.05) is 36.4 Å². The molecule has 1 aromatic heterocycles. The molecule has 7 nitrogen and oxygen atoms in total. The van der Waals surface area contributed by atoms with Crippen LogP contribution in [0.1, 0.15) is 17.2 Å². The van der Waals surface area contributed by atoms with Gasteiger partial charge in [0.25, 0.3) is 11.7 Å². The van der Waals surface area contributed by atoms with E-state index < -0.39 is 17.7 Å². The summed E-state index contributed by atoms with van der Waals surface area (Å²) in [6.07, 6.45) is 3.18. The average molecular weight is 400 g/mol. The molecule has 0 saturated carbocycles. The van der Waals surface area contributed by atoms with E-state index in [1.807, 2.05) is 0 Å². The predicted octanol–water partition coefficient (Wildman–Crippen LogP) is 3.44. The number of aliphatic hydroxyl groups is 1. The lowest BCUT2D eigenvalue weighted by Gasteiger charge is -2.25. The number of pyridine rings is 1. The van der Waals surface area contributed by atoms with E-state index in [9.17, 15) is 14.7 Å². The molecule has 5 rings (SSSR count). The third-order valence-corrected chi connectivity index (χ3v) is 5.13. The minimum Gasteiger partial charge on any atom is -0.507 e. The molecule has 0 spiro atoms. The number of amides is 1. The van der Waals surface area contributed by atoms with Gasteiger partial charge in [0.1, 0.15) is 5.76 Å². The first-order valence-corrected chi connectivity index (χ1v) is 9.31. The van der Waals surface area contributed by atoms with E-state index in [1.165, 1.54) is 4.90 Å². The Hall–Kier alpha value is -4.13. The first kappa shape index (κ1) is 17.9. The lowest BCUT2D eigenvalue weighted by atomic mass is 9.96. The lowest BCUT2D eigenvalue weighted by molar-refractivity contribution is -0.132. The van der Waals surface area contributed by atoms with Gasteiger partial charge in [-0.05, 0) is 23.8 Å². The first-order valence-electron chi connectivity index (χ1n) is 9.31. The number of carbonyl (C=O) groups excluding carboxylic acids is 2. The highest BCUT2D eigenvalue weighted by Crippen LogP contribution is 2.44. The van der Waals surface area contributed by atoms with Crippen LogP contribution in [0.5, 0.6) is 11.5 Å². The summed E-state index contributed by atoms with van der Waals surface area (Å²) in [5, 5.41) is 11.0. The molecule has 2 aliphatic rings. The molecule has 0 bridgehead atoms. The standard InChI is InChI=1S/C23H16N2O5/c26-21(14-5-2-1-3-6-14)19-20(15-7-4-10-24-12-15)25(23(28)22(19)27)16-8-9-17-18(11-16)30-13-29-17/h1-12,20,26H,13H2/b21-19+. The zero-order valence-electron chi connectivity index (χ0n) is 15.7. The van der Waals surface area contributed by atoms with Crippen molar-refractivity contribution in [2.45, 2.75) is 6.04 Å². The van der Waals surface area contributed by atoms with Gasteiger partial charge in [0, 0.05) is 29.7 Å². The maximum absolute atomic E-state index is 13.1. The third-order valence-electron chi connectivity index (χ3n) is 5.13. The molecule has 1 atom stereocenters. The van der Waals surface area contributed by atoms with Gasteiger partial charge in [-0.25, -0.2) is 0 Å². The summed E-state index contributed by atoms with van der Waals surface area (Å²) in [6, 6.07) is 16.4. The van der Waals surface area contributed by atoms with Crippen LogP contribution in [0, 0.1) is 0 Å². The Balaban J connectivity index is 1.71. The first-order chi connectivity index (χ1) is 14.6. The number of nitrogens with zero attached hydrogens (tertiary/aromatic N) is 2. The molecule has 1 amide bonds. The number of aromatic nitrogens is 1. The highest BCUT2D eigenvalue weighted by Gasteiger charge is 2.47. The van der Waals surface area contributed by atoms with E-state index in [4.69, 9.17) is 9.47 Å². The summed E-state index contributed by atoms with van der Waals surface area (Å²) in [5.74, 6) is -0.672. The minimum absolute atomic E-state index is 0.0110. The molecular weight excluding hydrogens is 384 g/mol. The SMILES string of the molecule is O=C1C(=O)N(c2ccc3c(c2)OCO3)C(c2cccnc2)/C1=C(\O)c1ccccc1. The van der Waals surface area contributed by atoms with Crippen molar-refractivity contribution in [1.82, 2.24) is 4.98 Å². The largest absolute Gasteiger partial charge is 0.507 e. The number of hydrogen-bond acceptors (Lipinski definition) is 6. The van der Waals surface area contributed by atoms with Crippen molar-refractivity contribution < 1.29 is 24.2 Å². The van der Waals surface area contributed by atoms with Crippen molar-refractivity contribution in [2.75, 3.05) is 11.7 Å². The maximum atomic E-state index is 13.1. The number of fused-ring (bicyclic) bond motifs is 1. The fourth-order valence-electron chi connectivity index (χ4n) is 3.74. The van der Waals surface area contributed by atoms with Gasteiger partial charge in [-0.15, -0.1) is 0 Å². The van der Waals surface area contributed by atoms with Gasteiger partial charge in [-0.3, -0.25) is 19.5 Å². The van der Waals surface area contributed by atoms with E-state index >= 15 is 0 Å². The molecule has 3 aromatic rings. The molecule has 1 unspecified atom stereocenters. The Kier molecular flexibility index (Phi) is 4.21. The normalized spacial score (nSPS) is 19.3. The molecule has 0 aliphatic carbocycles. The van der Waals surface area contributed by atoms with Crippen LogP contribution in [0.3, 0.4) is 0 Å². The second kappa shape index (κ2) is 7.04. The zero-order chi connectivity index (χ0) is 20.7. The van der Waals surface area contributed by atoms with E-state index in [1.54, 1.807) is 73.1 Å². The van der Waals surface area contributed by atoms with Crippen LogP contribution in [-0.4, -0.2) is 28.6 Å². The molecule has 148 valence electrons. The van der Waals surface area contributed by atoms with Crippen molar-refractivity contribution in [3.8, 4) is 11.5 Å². The Labute approximate surface area is 171 Å². The molecule has 30 heavy (non-hydrogen) atoms. The molecule has 0 radical (unpaired) electrons. The van der Waals surface area contributed by atoms with E-state index in [2.05, 4.69) is 4.98 Å². The Morgan fingerprint density at radius 1 is 1.00 bits per heavy atom. The average Bonchev–Trinajstić information content (AvgIpc) is 3.36. The molecule has 1 saturated heterocycles. The van der Waals surface area contributed by atoms with Crippen LogP contribution in [0.4, 0.5) is 5.69 Å². The van der Waals surface area contributed by atoms with Gasteiger partial charge in [-0.2, -0.15) is 0 Å². The van der Waals surface area contributed by atoms with Gasteiger partial charge in [0.2, 0.25) is 6.79 Å². The maximum Gasteiger partial charge on any atom is 0.300 e. The van der Waals surface area contributed by atoms with Crippen LogP contribution in [0.25, 0.3) is 5.76 Å². The quantitative estimate of drug-likeness (QED) is 0.412. The molecule has 7 heteroatoms. The van der Waals surface area contributed by atoms with Crippen molar-refractivity contribution >= 4 is 23.1 Å². The molecule has 1 fully saturated rings. The second-order valence-corrected chi connectivity index (χ2v) is 6.86. The van der Waals surface area contributed by atoms with Crippen LogP contribution in [0.15, 0.2) is 78.6 Å². The molecular formula is C23H16N2O5. The summed E-state index contributed by atoms with van der Waals surface area (Å²) < 4.78 is 10.8. The number of rotatable bonds is 3. The van der Waals surface area contributed by atoms with Gasteiger partial charge < -0.3 is 14.6 Å². The fraction of sp³-hybridized carbons (Fsp3) is 0.0870. The molecule has 3 heterocycles. The smallest absolute Gasteiger partial charge is 0.300 e. The van der Waals surface area contributed by atoms with Crippen molar-refractivity contribution in [1.29, 1.82) is 0 Å². The number of carbonyl (C=O) groups is 2. The Morgan fingerprint density at radius 2 is 1.80 bits per heavy atom. The summed E-state index contributed by atoms with van der Waals surface area (Å²) in [6.45, 7) is 0.0949. The summed E-state index contributed by atoms with van der Waals surface area (Å²) in [4.78, 5) is 31.6. The summed E-state index contributed by atoms with van der Waals surface area (Å²) in [5.41, 5.74) is 1.53. The third kappa shape index (κ3) is 2.79. The number of ether oxygens (including phenoxy) is 2. The van der Waals surface area contributed by atoms with E-state index in [-0.39, 0.29) is 18.1 Å². The van der Waals surface area contributed by atoms with Crippen LogP contribution in [0.2, 0.25) is 0 Å². The van der Waals surface area contributed by atoms with Crippen molar-refractivity contribution in [3.05, 3.63) is 89.8 Å². The number of ketones is 1. The van der Waals surface area contributed by atoms with Crippen molar-refractivity contribution in [3.63, 3.8) is 0 Å². The molecule has 2 aliphatic heterocycles. The van der Waals surface area contributed by atoms with Crippen LogP contribution < -0.4 is 14.4 Å². The lowest BCUT2D eigenvalue weighted by Crippen LogP contribution is -2.29. The number of Topliss-reactive ketones (excluding diaryl/α,β-unsaturated/α-hetero) is 1. The van der Waals surface area contributed by atoms with E-state index in [0.717, 1.165) is 0 Å². The highest BCUT2D eigenvalue weighted by atomic mass is 16.7. The molecule has 1 N–H and O–H groups in total. The zero-order valence-corrected chi connectivity index (χ0v) is 15.7. The molecule has 2 aromatic carbocycles. The second-order valence-electron chi connectivity index (χ2n) is 6.86. The highest BCUT2D eigenvalue weighted by molar-refractivity contribution is 6.51. The number of anilines is 1. The summed E-state index contributed by atoms with van der Waals surface area (Å²) >= 11 is 0. The van der Waals surface area contributed by atoms with Gasteiger partial charge >= 0.3 is 0 Å². The van der Waals surface area contributed by atoms with Gasteiger partial charge in [0.05, 0.1) is 11.6 Å². The Bertz CT molecular complexity index is 1170. The monoisotopic (exact) mass is 400 g/mol. The van der Waals surface area contributed by atoms with Crippen molar-refractivity contribution in [2.24, 2.45) is 0 Å². The minimum atomic E-state index is -0.834. The number of hydrogen-bond donors (Lipinski definition) is 1. The Morgan fingerprint density at radius 3 is 2.57 bits per heavy atom.